The van der Waals surface area contributed by atoms with Crippen molar-refractivity contribution in [2.75, 3.05) is 0 Å². The Labute approximate surface area is 111 Å². The number of benzene rings is 1. The minimum atomic E-state index is 0.474. The van der Waals surface area contributed by atoms with Gasteiger partial charge in [0, 0.05) is 17.1 Å². The van der Waals surface area contributed by atoms with Gasteiger partial charge in [-0.05, 0) is 38.3 Å². The smallest absolute Gasteiger partial charge is 0.0438 e. The molecule has 0 saturated carbocycles. The Morgan fingerprint density at radius 3 is 2.53 bits per heavy atom. The van der Waals surface area contributed by atoms with E-state index in [0.29, 0.717) is 12.1 Å². The Morgan fingerprint density at radius 2 is 1.88 bits per heavy atom. The van der Waals surface area contributed by atoms with Gasteiger partial charge < -0.3 is 5.32 Å². The molecule has 0 aromatic heterocycles. The summed E-state index contributed by atoms with van der Waals surface area (Å²) in [6.07, 6.45) is 4.82. The molecule has 0 aliphatic heterocycles. The lowest BCUT2D eigenvalue weighted by Crippen LogP contribution is -2.35. The highest BCUT2D eigenvalue weighted by atomic mass is 35.5. The Morgan fingerprint density at radius 1 is 1.18 bits per heavy atom. The van der Waals surface area contributed by atoms with Crippen molar-refractivity contribution in [1.29, 1.82) is 0 Å². The maximum atomic E-state index is 6.16. The zero-order valence-electron chi connectivity index (χ0n) is 11.2. The van der Waals surface area contributed by atoms with Crippen molar-refractivity contribution in [1.82, 2.24) is 5.32 Å². The summed E-state index contributed by atoms with van der Waals surface area (Å²) in [5.74, 6) is 0. The zero-order valence-corrected chi connectivity index (χ0v) is 11.9. The summed E-state index contributed by atoms with van der Waals surface area (Å²) < 4.78 is 0. The molecule has 1 aromatic rings. The van der Waals surface area contributed by atoms with Gasteiger partial charge in [0.05, 0.1) is 0 Å². The van der Waals surface area contributed by atoms with Crippen LogP contribution in [-0.4, -0.2) is 12.1 Å². The first kappa shape index (κ1) is 14.5. The van der Waals surface area contributed by atoms with E-state index in [4.69, 9.17) is 11.6 Å². The van der Waals surface area contributed by atoms with E-state index >= 15 is 0 Å². The molecule has 0 spiro atoms. The molecule has 0 amide bonds. The molecule has 2 atom stereocenters. The minimum absolute atomic E-state index is 0.474. The van der Waals surface area contributed by atoms with Gasteiger partial charge in [0.15, 0.2) is 0 Å². The fourth-order valence-corrected chi connectivity index (χ4v) is 2.34. The molecule has 0 saturated heterocycles. The molecule has 1 nitrogen and oxygen atoms in total. The molecule has 2 heteroatoms. The molecule has 0 fully saturated rings. The summed E-state index contributed by atoms with van der Waals surface area (Å²) >= 11 is 6.16. The average Bonchev–Trinajstić information content (AvgIpc) is 2.29. The SMILES string of the molecule is CCCCC(C)NC(C)Cc1ccccc1Cl. The summed E-state index contributed by atoms with van der Waals surface area (Å²) in [5, 5.41) is 4.51. The van der Waals surface area contributed by atoms with Crippen molar-refractivity contribution in [3.05, 3.63) is 34.9 Å². The normalized spacial score (nSPS) is 14.6. The molecule has 0 aliphatic carbocycles. The van der Waals surface area contributed by atoms with Crippen LogP contribution in [0.2, 0.25) is 5.02 Å². The van der Waals surface area contributed by atoms with Crippen molar-refractivity contribution in [2.24, 2.45) is 0 Å². The van der Waals surface area contributed by atoms with Gasteiger partial charge in [-0.2, -0.15) is 0 Å². The summed E-state index contributed by atoms with van der Waals surface area (Å²) in [4.78, 5) is 0. The number of hydrogen-bond donors (Lipinski definition) is 1. The molecule has 0 heterocycles. The van der Waals surface area contributed by atoms with Crippen LogP contribution < -0.4 is 5.32 Å². The predicted molar refractivity (Wildman–Crippen MR) is 76.7 cm³/mol. The first-order valence-corrected chi connectivity index (χ1v) is 7.00. The number of halogens is 1. The van der Waals surface area contributed by atoms with Gasteiger partial charge in [0.2, 0.25) is 0 Å². The van der Waals surface area contributed by atoms with Crippen LogP contribution in [0.15, 0.2) is 24.3 Å². The molecule has 1 aromatic carbocycles. The van der Waals surface area contributed by atoms with Crippen LogP contribution in [0.5, 0.6) is 0 Å². The van der Waals surface area contributed by atoms with E-state index in [-0.39, 0.29) is 0 Å². The summed E-state index contributed by atoms with van der Waals surface area (Å²) in [6.45, 7) is 6.73. The van der Waals surface area contributed by atoms with Gasteiger partial charge in [-0.15, -0.1) is 0 Å². The number of nitrogens with one attached hydrogen (secondary N) is 1. The van der Waals surface area contributed by atoms with Crippen LogP contribution in [0.1, 0.15) is 45.6 Å². The van der Waals surface area contributed by atoms with E-state index in [1.54, 1.807) is 0 Å². The van der Waals surface area contributed by atoms with E-state index in [9.17, 15) is 0 Å². The van der Waals surface area contributed by atoms with Crippen molar-refractivity contribution < 1.29 is 0 Å². The second-order valence-corrected chi connectivity index (χ2v) is 5.31. The lowest BCUT2D eigenvalue weighted by molar-refractivity contribution is 0.434. The lowest BCUT2D eigenvalue weighted by atomic mass is 10.1. The first-order valence-electron chi connectivity index (χ1n) is 6.63. The van der Waals surface area contributed by atoms with Crippen molar-refractivity contribution in [3.8, 4) is 0 Å². The van der Waals surface area contributed by atoms with E-state index in [2.05, 4.69) is 38.2 Å². The van der Waals surface area contributed by atoms with Gasteiger partial charge in [0.25, 0.3) is 0 Å². The summed E-state index contributed by atoms with van der Waals surface area (Å²) in [6, 6.07) is 9.16. The van der Waals surface area contributed by atoms with Crippen LogP contribution in [0, 0.1) is 0 Å². The molecule has 0 aliphatic rings. The molecular formula is C15H24ClN. The number of unbranched alkanes of at least 4 members (excludes halogenated alkanes) is 1. The largest absolute Gasteiger partial charge is 0.311 e. The topological polar surface area (TPSA) is 12.0 Å². The molecular weight excluding hydrogens is 230 g/mol. The van der Waals surface area contributed by atoms with E-state index in [1.165, 1.54) is 24.8 Å². The van der Waals surface area contributed by atoms with Gasteiger partial charge >= 0.3 is 0 Å². The molecule has 0 radical (unpaired) electrons. The summed E-state index contributed by atoms with van der Waals surface area (Å²) in [7, 11) is 0. The fourth-order valence-electron chi connectivity index (χ4n) is 2.13. The third kappa shape index (κ3) is 5.56. The monoisotopic (exact) mass is 253 g/mol. The summed E-state index contributed by atoms with van der Waals surface area (Å²) in [5.41, 5.74) is 1.23. The minimum Gasteiger partial charge on any atom is -0.311 e. The van der Waals surface area contributed by atoms with Crippen LogP contribution in [0.3, 0.4) is 0 Å². The van der Waals surface area contributed by atoms with Gasteiger partial charge in [-0.3, -0.25) is 0 Å². The molecule has 1 rings (SSSR count). The highest BCUT2D eigenvalue weighted by Crippen LogP contribution is 2.16. The van der Waals surface area contributed by atoms with E-state index < -0.39 is 0 Å². The van der Waals surface area contributed by atoms with Crippen LogP contribution in [-0.2, 0) is 6.42 Å². The zero-order chi connectivity index (χ0) is 12.7. The molecule has 0 bridgehead atoms. The maximum absolute atomic E-state index is 6.16. The highest BCUT2D eigenvalue weighted by Gasteiger charge is 2.09. The Kier molecular flexibility index (Phi) is 6.61. The quantitative estimate of drug-likeness (QED) is 0.758. The Balaban J connectivity index is 2.39. The maximum Gasteiger partial charge on any atom is 0.0438 e. The Bertz CT molecular complexity index is 324. The molecule has 96 valence electrons. The van der Waals surface area contributed by atoms with Crippen molar-refractivity contribution in [3.63, 3.8) is 0 Å². The fraction of sp³-hybridized carbons (Fsp3) is 0.600. The number of hydrogen-bond acceptors (Lipinski definition) is 1. The molecule has 2 unspecified atom stereocenters. The van der Waals surface area contributed by atoms with Crippen molar-refractivity contribution in [2.45, 2.75) is 58.5 Å². The van der Waals surface area contributed by atoms with Crippen LogP contribution in [0.4, 0.5) is 0 Å². The van der Waals surface area contributed by atoms with Gasteiger partial charge in [0.1, 0.15) is 0 Å². The van der Waals surface area contributed by atoms with Crippen LogP contribution in [0.25, 0.3) is 0 Å². The van der Waals surface area contributed by atoms with Gasteiger partial charge in [-0.1, -0.05) is 49.6 Å². The van der Waals surface area contributed by atoms with Crippen LogP contribution >= 0.6 is 11.6 Å². The standard InChI is InChI=1S/C15H24ClN/c1-4-5-8-12(2)17-13(3)11-14-9-6-7-10-15(14)16/h6-7,9-10,12-13,17H,4-5,8,11H2,1-3H3. The van der Waals surface area contributed by atoms with E-state index in [1.807, 2.05) is 12.1 Å². The highest BCUT2D eigenvalue weighted by molar-refractivity contribution is 6.31. The first-order chi connectivity index (χ1) is 8.13. The predicted octanol–water partition coefficient (Wildman–Crippen LogP) is 4.44. The average molecular weight is 254 g/mol. The van der Waals surface area contributed by atoms with Crippen molar-refractivity contribution >= 4 is 11.6 Å². The number of rotatable bonds is 7. The second-order valence-electron chi connectivity index (χ2n) is 4.91. The Hall–Kier alpha value is -0.530. The second kappa shape index (κ2) is 7.73. The molecule has 1 N–H and O–H groups in total. The third-order valence-electron chi connectivity index (χ3n) is 3.04. The van der Waals surface area contributed by atoms with Gasteiger partial charge in [-0.25, -0.2) is 0 Å². The molecule has 17 heavy (non-hydrogen) atoms. The lowest BCUT2D eigenvalue weighted by Gasteiger charge is -2.20. The third-order valence-corrected chi connectivity index (χ3v) is 3.41. The van der Waals surface area contributed by atoms with E-state index in [0.717, 1.165) is 11.4 Å².